The molecule has 0 saturated carbocycles. The lowest BCUT2D eigenvalue weighted by atomic mass is 9.99. The molecule has 3 nitrogen and oxygen atoms in total. The van der Waals surface area contributed by atoms with Gasteiger partial charge in [0.05, 0.1) is 5.69 Å². The van der Waals surface area contributed by atoms with E-state index in [1.54, 1.807) is 42.5 Å². The van der Waals surface area contributed by atoms with Gasteiger partial charge in [-0.1, -0.05) is 55.8 Å². The lowest BCUT2D eigenvalue weighted by Gasteiger charge is -2.15. The van der Waals surface area contributed by atoms with Crippen molar-refractivity contribution < 1.29 is 9.59 Å². The summed E-state index contributed by atoms with van der Waals surface area (Å²) in [6.45, 7) is 3.96. The average Bonchev–Trinajstić information content (AvgIpc) is 2.57. The first kappa shape index (κ1) is 17.2. The zero-order valence-corrected chi connectivity index (χ0v) is 14.1. The molecule has 23 heavy (non-hydrogen) atoms. The number of carbonyl (C=O) groups excluding carboxylic acids is 2. The number of hydrogen-bond acceptors (Lipinski definition) is 2. The molecule has 2 aromatic carbocycles. The highest BCUT2D eigenvalue weighted by Crippen LogP contribution is 2.25. The Morgan fingerprint density at radius 2 is 1.70 bits per heavy atom. The Morgan fingerprint density at radius 3 is 2.30 bits per heavy atom. The summed E-state index contributed by atoms with van der Waals surface area (Å²) in [5.41, 5.74) is 1.47. The zero-order chi connectivity index (χ0) is 16.8. The summed E-state index contributed by atoms with van der Waals surface area (Å²) in [5.74, 6) is -0.294. The lowest BCUT2D eigenvalue weighted by molar-refractivity contribution is -0.120. The topological polar surface area (TPSA) is 46.2 Å². The Bertz CT molecular complexity index is 694. The predicted octanol–water partition coefficient (Wildman–Crippen LogP) is 4.95. The molecule has 0 aromatic heterocycles. The third kappa shape index (κ3) is 4.20. The van der Waals surface area contributed by atoms with Gasteiger partial charge in [0.15, 0.2) is 5.78 Å². The summed E-state index contributed by atoms with van der Waals surface area (Å²) >= 11 is 6.04. The average molecular weight is 330 g/mol. The van der Waals surface area contributed by atoms with Crippen LogP contribution in [0.2, 0.25) is 5.02 Å². The molecule has 0 radical (unpaired) electrons. The summed E-state index contributed by atoms with van der Waals surface area (Å²) in [7, 11) is 0. The van der Waals surface area contributed by atoms with Gasteiger partial charge in [-0.2, -0.15) is 0 Å². The van der Waals surface area contributed by atoms with Crippen molar-refractivity contribution in [2.75, 3.05) is 5.32 Å². The second kappa shape index (κ2) is 7.93. The molecule has 0 atom stereocenters. The van der Waals surface area contributed by atoms with Crippen LogP contribution < -0.4 is 5.32 Å². The summed E-state index contributed by atoms with van der Waals surface area (Å²) in [5, 5.41) is 3.33. The van der Waals surface area contributed by atoms with Gasteiger partial charge < -0.3 is 5.32 Å². The van der Waals surface area contributed by atoms with Crippen LogP contribution in [-0.2, 0) is 4.79 Å². The van der Waals surface area contributed by atoms with Crippen LogP contribution in [0.25, 0.3) is 0 Å². The van der Waals surface area contributed by atoms with E-state index in [4.69, 9.17) is 11.6 Å². The van der Waals surface area contributed by atoms with E-state index in [9.17, 15) is 9.59 Å². The van der Waals surface area contributed by atoms with Crippen LogP contribution in [0.4, 0.5) is 5.69 Å². The summed E-state index contributed by atoms with van der Waals surface area (Å²) in [6, 6.07) is 13.9. The quantitative estimate of drug-likeness (QED) is 0.762. The Labute approximate surface area is 141 Å². The Balaban J connectivity index is 2.35. The molecule has 0 fully saturated rings. The number of rotatable bonds is 6. The van der Waals surface area contributed by atoms with Crippen molar-refractivity contribution in [1.29, 1.82) is 0 Å². The number of carbonyl (C=O) groups is 2. The number of amides is 1. The van der Waals surface area contributed by atoms with Crippen molar-refractivity contribution in [3.05, 3.63) is 64.7 Å². The molecule has 0 unspecified atom stereocenters. The SMILES string of the molecule is CCC(CC)C(=O)Nc1ccc(Cl)cc1C(=O)c1ccccc1. The highest BCUT2D eigenvalue weighted by Gasteiger charge is 2.19. The van der Waals surface area contributed by atoms with E-state index in [2.05, 4.69) is 5.32 Å². The first-order chi connectivity index (χ1) is 11.1. The normalized spacial score (nSPS) is 10.6. The van der Waals surface area contributed by atoms with Crippen molar-refractivity contribution in [2.24, 2.45) is 5.92 Å². The first-order valence-electron chi connectivity index (χ1n) is 7.77. The lowest BCUT2D eigenvalue weighted by Crippen LogP contribution is -2.23. The fourth-order valence-corrected chi connectivity index (χ4v) is 2.62. The van der Waals surface area contributed by atoms with Crippen LogP contribution in [0.15, 0.2) is 48.5 Å². The molecule has 2 rings (SSSR count). The molecule has 1 N–H and O–H groups in total. The minimum atomic E-state index is -0.159. The largest absolute Gasteiger partial charge is 0.325 e. The van der Waals surface area contributed by atoms with Gasteiger partial charge in [-0.3, -0.25) is 9.59 Å². The summed E-state index contributed by atoms with van der Waals surface area (Å²) in [6.07, 6.45) is 1.52. The third-order valence-electron chi connectivity index (χ3n) is 3.88. The number of halogens is 1. The third-order valence-corrected chi connectivity index (χ3v) is 4.11. The zero-order valence-electron chi connectivity index (χ0n) is 13.3. The first-order valence-corrected chi connectivity index (χ1v) is 8.14. The van der Waals surface area contributed by atoms with Crippen LogP contribution in [0.1, 0.15) is 42.6 Å². The van der Waals surface area contributed by atoms with Crippen molar-refractivity contribution >= 4 is 29.0 Å². The van der Waals surface area contributed by atoms with Crippen molar-refractivity contribution in [1.82, 2.24) is 0 Å². The number of hydrogen-bond donors (Lipinski definition) is 1. The summed E-state index contributed by atoms with van der Waals surface area (Å²) < 4.78 is 0. The second-order valence-corrected chi connectivity index (χ2v) is 5.82. The molecule has 0 spiro atoms. The van der Waals surface area contributed by atoms with Crippen LogP contribution >= 0.6 is 11.6 Å². The smallest absolute Gasteiger partial charge is 0.227 e. The van der Waals surface area contributed by atoms with E-state index in [1.165, 1.54) is 0 Å². The van der Waals surface area contributed by atoms with Gasteiger partial charge in [-0.15, -0.1) is 0 Å². The van der Waals surface area contributed by atoms with Gasteiger partial charge in [0, 0.05) is 22.1 Å². The maximum absolute atomic E-state index is 12.7. The molecule has 0 bridgehead atoms. The molecular formula is C19H20ClNO2. The van der Waals surface area contributed by atoms with Crippen molar-refractivity contribution in [3.8, 4) is 0 Å². The molecule has 0 aliphatic heterocycles. The van der Waals surface area contributed by atoms with Crippen LogP contribution in [-0.4, -0.2) is 11.7 Å². The van der Waals surface area contributed by atoms with Crippen LogP contribution in [0, 0.1) is 5.92 Å². The maximum Gasteiger partial charge on any atom is 0.227 e. The van der Waals surface area contributed by atoms with E-state index in [-0.39, 0.29) is 17.6 Å². The molecule has 0 saturated heterocycles. The molecular weight excluding hydrogens is 310 g/mol. The molecule has 0 aliphatic carbocycles. The van der Waals surface area contributed by atoms with Gasteiger partial charge in [-0.25, -0.2) is 0 Å². The standard InChI is InChI=1S/C19H20ClNO2/c1-3-13(4-2)19(23)21-17-11-10-15(20)12-16(17)18(22)14-8-6-5-7-9-14/h5-13H,3-4H2,1-2H3,(H,21,23). The summed E-state index contributed by atoms with van der Waals surface area (Å²) in [4.78, 5) is 25.0. The second-order valence-electron chi connectivity index (χ2n) is 5.39. The Morgan fingerprint density at radius 1 is 1.04 bits per heavy atom. The van der Waals surface area contributed by atoms with Crippen molar-refractivity contribution in [3.63, 3.8) is 0 Å². The number of anilines is 1. The molecule has 2 aromatic rings. The predicted molar refractivity (Wildman–Crippen MR) is 94.0 cm³/mol. The van der Waals surface area contributed by atoms with Gasteiger partial charge in [0.2, 0.25) is 5.91 Å². The van der Waals surface area contributed by atoms with E-state index in [1.807, 2.05) is 19.9 Å². The van der Waals surface area contributed by atoms with E-state index in [0.717, 1.165) is 12.8 Å². The van der Waals surface area contributed by atoms with Gasteiger partial charge in [-0.05, 0) is 31.0 Å². The van der Waals surface area contributed by atoms with Crippen LogP contribution in [0.3, 0.4) is 0 Å². The molecule has 4 heteroatoms. The van der Waals surface area contributed by atoms with E-state index < -0.39 is 0 Å². The molecule has 1 amide bonds. The fourth-order valence-electron chi connectivity index (χ4n) is 2.45. The highest BCUT2D eigenvalue weighted by atomic mass is 35.5. The van der Waals surface area contributed by atoms with E-state index >= 15 is 0 Å². The number of benzene rings is 2. The maximum atomic E-state index is 12.7. The minimum absolute atomic E-state index is 0.0645. The minimum Gasteiger partial charge on any atom is -0.325 e. The van der Waals surface area contributed by atoms with E-state index in [0.29, 0.717) is 21.8 Å². The van der Waals surface area contributed by atoms with Crippen LogP contribution in [0.5, 0.6) is 0 Å². The molecule has 120 valence electrons. The Hall–Kier alpha value is -2.13. The van der Waals surface area contributed by atoms with Gasteiger partial charge in [0.1, 0.15) is 0 Å². The molecule has 0 aliphatic rings. The van der Waals surface area contributed by atoms with Crippen molar-refractivity contribution in [2.45, 2.75) is 26.7 Å². The monoisotopic (exact) mass is 329 g/mol. The number of ketones is 1. The number of nitrogens with one attached hydrogen (secondary N) is 1. The Kier molecular flexibility index (Phi) is 5.94. The van der Waals surface area contributed by atoms with Gasteiger partial charge in [0.25, 0.3) is 0 Å². The van der Waals surface area contributed by atoms with Gasteiger partial charge >= 0.3 is 0 Å². The molecule has 0 heterocycles. The highest BCUT2D eigenvalue weighted by molar-refractivity contribution is 6.31. The fraction of sp³-hybridized carbons (Fsp3) is 0.263.